The van der Waals surface area contributed by atoms with Crippen LogP contribution in [0.15, 0.2) is 23.8 Å². The minimum Gasteiger partial charge on any atom is -0.309 e. The molecule has 0 spiro atoms. The van der Waals surface area contributed by atoms with E-state index in [1.165, 1.54) is 51.0 Å². The Morgan fingerprint density at radius 3 is 2.55 bits per heavy atom. The Morgan fingerprint density at radius 1 is 1.35 bits per heavy atom. The monoisotopic (exact) mass is 274 g/mol. The zero-order valence-corrected chi connectivity index (χ0v) is 13.4. The summed E-state index contributed by atoms with van der Waals surface area (Å²) in [6, 6.07) is 0. The summed E-state index contributed by atoms with van der Waals surface area (Å²) in [5.41, 5.74) is 3.06. The van der Waals surface area contributed by atoms with E-state index in [4.69, 9.17) is 0 Å². The van der Waals surface area contributed by atoms with Gasteiger partial charge in [0.05, 0.1) is 0 Å². The maximum absolute atomic E-state index is 4.11. The third-order valence-electron chi connectivity index (χ3n) is 5.65. The molecule has 0 amide bonds. The van der Waals surface area contributed by atoms with Crippen molar-refractivity contribution >= 4 is 0 Å². The second-order valence-corrected chi connectivity index (χ2v) is 7.63. The Morgan fingerprint density at radius 2 is 2.05 bits per heavy atom. The van der Waals surface area contributed by atoms with Crippen LogP contribution in [-0.2, 0) is 0 Å². The molecular weight excluding hydrogens is 244 g/mol. The summed E-state index contributed by atoms with van der Waals surface area (Å²) >= 11 is 0. The Balaban J connectivity index is 1.43. The molecule has 2 aliphatic carbocycles. The maximum Gasteiger partial charge on any atom is 0.0193 e. The van der Waals surface area contributed by atoms with Crippen LogP contribution in [0.2, 0.25) is 0 Å². The first-order valence-electron chi connectivity index (χ1n) is 8.25. The van der Waals surface area contributed by atoms with E-state index in [1.807, 2.05) is 0 Å². The van der Waals surface area contributed by atoms with E-state index >= 15 is 0 Å². The molecule has 2 nitrogen and oxygen atoms in total. The van der Waals surface area contributed by atoms with Crippen LogP contribution >= 0.6 is 0 Å². The van der Waals surface area contributed by atoms with Gasteiger partial charge in [0.1, 0.15) is 0 Å². The van der Waals surface area contributed by atoms with Gasteiger partial charge in [-0.15, -0.1) is 0 Å². The fourth-order valence-electron chi connectivity index (χ4n) is 4.33. The van der Waals surface area contributed by atoms with E-state index < -0.39 is 0 Å². The molecule has 1 aliphatic heterocycles. The van der Waals surface area contributed by atoms with Gasteiger partial charge in [0.15, 0.2) is 0 Å². The first-order valence-corrected chi connectivity index (χ1v) is 8.25. The molecule has 0 aromatic carbocycles. The van der Waals surface area contributed by atoms with E-state index in [9.17, 15) is 0 Å². The summed E-state index contributed by atoms with van der Waals surface area (Å²) in [4.78, 5) is 5.06. The van der Waals surface area contributed by atoms with Crippen LogP contribution in [0.4, 0.5) is 0 Å². The molecule has 0 bridgehead atoms. The van der Waals surface area contributed by atoms with Gasteiger partial charge in [-0.25, -0.2) is 0 Å². The molecule has 3 rings (SSSR count). The zero-order valence-electron chi connectivity index (χ0n) is 13.4. The minimum atomic E-state index is 0.746. The first-order chi connectivity index (χ1) is 9.54. The summed E-state index contributed by atoms with van der Waals surface area (Å²) in [7, 11) is 4.41. The molecule has 112 valence electrons. The van der Waals surface area contributed by atoms with Crippen LogP contribution in [0, 0.1) is 23.7 Å². The summed E-state index contributed by atoms with van der Waals surface area (Å²) in [5, 5.41) is 0. The molecule has 1 unspecified atom stereocenters. The number of nitrogens with zero attached hydrogens (tertiary/aromatic N) is 2. The summed E-state index contributed by atoms with van der Waals surface area (Å²) < 4.78 is 0. The van der Waals surface area contributed by atoms with Crippen LogP contribution in [-0.4, -0.2) is 50.1 Å². The largest absolute Gasteiger partial charge is 0.309 e. The lowest BCUT2D eigenvalue weighted by Crippen LogP contribution is -2.29. The van der Waals surface area contributed by atoms with E-state index in [0.717, 1.165) is 23.7 Å². The minimum absolute atomic E-state index is 0.746. The Kier molecular flexibility index (Phi) is 4.05. The standard InChI is InChI=1S/C18H30N2/c1-13(2)15-7-5-14(6-8-15)9-20-11-17-16(10-19(3)4)18(17)12-20/h5,15-18H,1,6-12H2,2-4H3/t15-,16?,17-,18+/m1/s1. The fraction of sp³-hybridized carbons (Fsp3) is 0.778. The van der Waals surface area contributed by atoms with Gasteiger partial charge in [-0.3, -0.25) is 4.90 Å². The summed E-state index contributed by atoms with van der Waals surface area (Å²) in [6.45, 7) is 11.5. The van der Waals surface area contributed by atoms with E-state index in [-0.39, 0.29) is 0 Å². The molecular formula is C18H30N2. The Labute approximate surface area is 124 Å². The molecule has 1 saturated carbocycles. The van der Waals surface area contributed by atoms with Crippen molar-refractivity contribution in [2.75, 3.05) is 40.3 Å². The molecule has 2 heteroatoms. The number of rotatable bonds is 5. The van der Waals surface area contributed by atoms with Crippen LogP contribution < -0.4 is 0 Å². The molecule has 1 heterocycles. The lowest BCUT2D eigenvalue weighted by atomic mass is 9.85. The van der Waals surface area contributed by atoms with Crippen molar-refractivity contribution < 1.29 is 0 Å². The molecule has 2 fully saturated rings. The van der Waals surface area contributed by atoms with Gasteiger partial charge in [-0.2, -0.15) is 0 Å². The topological polar surface area (TPSA) is 6.48 Å². The van der Waals surface area contributed by atoms with E-state index in [0.29, 0.717) is 0 Å². The van der Waals surface area contributed by atoms with Crippen molar-refractivity contribution in [2.24, 2.45) is 23.7 Å². The van der Waals surface area contributed by atoms with Crippen molar-refractivity contribution in [1.29, 1.82) is 0 Å². The van der Waals surface area contributed by atoms with Gasteiger partial charge in [-0.1, -0.05) is 23.8 Å². The van der Waals surface area contributed by atoms with Crippen molar-refractivity contribution in [3.8, 4) is 0 Å². The van der Waals surface area contributed by atoms with Crippen LogP contribution in [0.5, 0.6) is 0 Å². The quantitative estimate of drug-likeness (QED) is 0.711. The second-order valence-electron chi connectivity index (χ2n) is 7.63. The second kappa shape index (κ2) is 5.65. The molecule has 0 N–H and O–H groups in total. The van der Waals surface area contributed by atoms with Crippen molar-refractivity contribution in [3.05, 3.63) is 23.8 Å². The van der Waals surface area contributed by atoms with Gasteiger partial charge in [0, 0.05) is 26.2 Å². The number of fused-ring (bicyclic) bond motifs is 1. The van der Waals surface area contributed by atoms with Crippen LogP contribution in [0.1, 0.15) is 26.2 Å². The van der Waals surface area contributed by atoms with E-state index in [1.54, 1.807) is 5.57 Å². The number of piperidine rings is 1. The SMILES string of the molecule is C=C(C)[C@@H]1CC=C(CN2C[C@@H]3C(CN(C)C)[C@@H]3C2)CC1. The highest BCUT2D eigenvalue weighted by molar-refractivity contribution is 5.15. The van der Waals surface area contributed by atoms with Gasteiger partial charge in [-0.05, 0) is 64.0 Å². The third-order valence-corrected chi connectivity index (χ3v) is 5.65. The molecule has 4 atom stereocenters. The summed E-state index contributed by atoms with van der Waals surface area (Å²) in [5.74, 6) is 3.75. The molecule has 1 saturated heterocycles. The van der Waals surface area contributed by atoms with Gasteiger partial charge >= 0.3 is 0 Å². The first kappa shape index (κ1) is 14.3. The van der Waals surface area contributed by atoms with Gasteiger partial charge in [0.2, 0.25) is 0 Å². The van der Waals surface area contributed by atoms with Gasteiger partial charge < -0.3 is 4.90 Å². The summed E-state index contributed by atoms with van der Waals surface area (Å²) in [6.07, 6.45) is 6.36. The van der Waals surface area contributed by atoms with Crippen molar-refractivity contribution in [3.63, 3.8) is 0 Å². The molecule has 0 aromatic rings. The molecule has 0 aromatic heterocycles. The maximum atomic E-state index is 4.11. The highest BCUT2D eigenvalue weighted by Gasteiger charge is 2.55. The van der Waals surface area contributed by atoms with Crippen molar-refractivity contribution in [2.45, 2.75) is 26.2 Å². The predicted molar refractivity (Wildman–Crippen MR) is 85.7 cm³/mol. The molecule has 20 heavy (non-hydrogen) atoms. The fourth-order valence-corrected chi connectivity index (χ4v) is 4.33. The predicted octanol–water partition coefficient (Wildman–Crippen LogP) is 3.03. The van der Waals surface area contributed by atoms with E-state index in [2.05, 4.69) is 43.5 Å². The number of allylic oxidation sites excluding steroid dienone is 2. The Hall–Kier alpha value is -0.600. The highest BCUT2D eigenvalue weighted by atomic mass is 15.2. The highest BCUT2D eigenvalue weighted by Crippen LogP contribution is 2.52. The average Bonchev–Trinajstić information content (AvgIpc) is 2.85. The molecule has 0 radical (unpaired) electrons. The zero-order chi connectivity index (χ0) is 14.3. The van der Waals surface area contributed by atoms with Crippen LogP contribution in [0.25, 0.3) is 0 Å². The lowest BCUT2D eigenvalue weighted by Gasteiger charge is -2.26. The number of likely N-dealkylation sites (tertiary alicyclic amines) is 1. The molecule has 3 aliphatic rings. The lowest BCUT2D eigenvalue weighted by molar-refractivity contribution is 0.275. The van der Waals surface area contributed by atoms with Crippen molar-refractivity contribution in [1.82, 2.24) is 9.80 Å². The smallest absolute Gasteiger partial charge is 0.0193 e. The third kappa shape index (κ3) is 3.01. The van der Waals surface area contributed by atoms with Crippen LogP contribution in [0.3, 0.4) is 0 Å². The number of hydrogen-bond acceptors (Lipinski definition) is 2. The van der Waals surface area contributed by atoms with Gasteiger partial charge in [0.25, 0.3) is 0 Å². The normalized spacial score (nSPS) is 36.9. The average molecular weight is 274 g/mol. The number of hydrogen-bond donors (Lipinski definition) is 0. The Bertz CT molecular complexity index is 398.